The number of nitrogens with zero attached hydrogens (tertiary/aromatic N) is 1. The lowest BCUT2D eigenvalue weighted by molar-refractivity contribution is 0.866. The van der Waals surface area contributed by atoms with Crippen molar-refractivity contribution >= 4 is 11.9 Å². The van der Waals surface area contributed by atoms with E-state index >= 15 is 0 Å². The van der Waals surface area contributed by atoms with Crippen LogP contribution in [0.15, 0.2) is 16.6 Å². The zero-order valence-corrected chi connectivity index (χ0v) is 7.54. The maximum atomic E-state index is 7.85. The van der Waals surface area contributed by atoms with E-state index in [4.69, 9.17) is 5.41 Å². The fraction of sp³-hybridized carbons (Fsp3) is 0.600. The third kappa shape index (κ3) is 1.02. The average Bonchev–Trinajstić information content (AvgIpc) is 2.79. The maximum Gasteiger partial charge on any atom is 0.0501 e. The number of hydrogen-bond acceptors (Lipinski definition) is 2. The molecule has 0 bridgehead atoms. The van der Waals surface area contributed by atoms with E-state index in [9.17, 15) is 0 Å². The van der Waals surface area contributed by atoms with E-state index in [0.29, 0.717) is 11.8 Å². The summed E-state index contributed by atoms with van der Waals surface area (Å²) >= 11 is 0. The molecule has 64 valence electrons. The van der Waals surface area contributed by atoms with Crippen molar-refractivity contribution in [1.82, 2.24) is 0 Å². The first-order chi connectivity index (χ1) is 5.74. The molecular weight excluding hydrogens is 148 g/mol. The Morgan fingerprint density at radius 1 is 1.58 bits per heavy atom. The first-order valence-corrected chi connectivity index (χ1v) is 4.43. The van der Waals surface area contributed by atoms with Crippen LogP contribution in [0.3, 0.4) is 0 Å². The minimum Gasteiger partial charge on any atom is -0.308 e. The molecule has 1 saturated carbocycles. The quantitative estimate of drug-likeness (QED) is 0.452. The van der Waals surface area contributed by atoms with Crippen molar-refractivity contribution in [2.24, 2.45) is 22.7 Å². The highest BCUT2D eigenvalue weighted by Crippen LogP contribution is 2.49. The van der Waals surface area contributed by atoms with E-state index in [0.717, 1.165) is 5.71 Å². The van der Waals surface area contributed by atoms with E-state index < -0.39 is 0 Å². The molecule has 2 aliphatic rings. The van der Waals surface area contributed by atoms with Crippen LogP contribution < -0.4 is 0 Å². The summed E-state index contributed by atoms with van der Waals surface area (Å²) in [5, 5.41) is 7.85. The predicted octanol–water partition coefficient (Wildman–Crippen LogP) is 1.92. The molecular formula is C10H14N2. The van der Waals surface area contributed by atoms with Gasteiger partial charge in [0, 0.05) is 24.9 Å². The molecule has 3 unspecified atom stereocenters. The van der Waals surface area contributed by atoms with E-state index in [1.165, 1.54) is 12.0 Å². The molecule has 0 amide bonds. The Balaban J connectivity index is 2.24. The van der Waals surface area contributed by atoms with Gasteiger partial charge in [0.2, 0.25) is 0 Å². The third-order valence-corrected chi connectivity index (χ3v) is 2.89. The van der Waals surface area contributed by atoms with Gasteiger partial charge in [-0.1, -0.05) is 11.6 Å². The van der Waals surface area contributed by atoms with Crippen molar-refractivity contribution in [3.8, 4) is 0 Å². The molecule has 0 spiro atoms. The number of aliphatic imine (C=N–C) groups is 1. The van der Waals surface area contributed by atoms with Crippen LogP contribution in [0.5, 0.6) is 0 Å². The van der Waals surface area contributed by atoms with Crippen molar-refractivity contribution in [2.45, 2.75) is 13.3 Å². The normalized spacial score (nSPS) is 39.7. The summed E-state index contributed by atoms with van der Waals surface area (Å²) in [4.78, 5) is 3.99. The van der Waals surface area contributed by atoms with Gasteiger partial charge in [-0.3, -0.25) is 4.99 Å². The van der Waals surface area contributed by atoms with Gasteiger partial charge >= 0.3 is 0 Å². The fourth-order valence-corrected chi connectivity index (χ4v) is 2.07. The van der Waals surface area contributed by atoms with E-state index in [2.05, 4.69) is 18.0 Å². The molecule has 0 radical (unpaired) electrons. The first-order valence-electron chi connectivity index (χ1n) is 4.43. The van der Waals surface area contributed by atoms with Crippen LogP contribution in [0, 0.1) is 23.2 Å². The van der Waals surface area contributed by atoms with Crippen molar-refractivity contribution in [1.29, 1.82) is 5.41 Å². The van der Waals surface area contributed by atoms with Crippen LogP contribution in [0.1, 0.15) is 13.3 Å². The summed E-state index contributed by atoms with van der Waals surface area (Å²) in [5.41, 5.74) is 2.33. The second-order valence-corrected chi connectivity index (χ2v) is 3.75. The molecule has 0 saturated heterocycles. The number of nitrogens with one attached hydrogen (secondary N) is 1. The lowest BCUT2D eigenvalue weighted by Crippen LogP contribution is -2.20. The highest BCUT2D eigenvalue weighted by Gasteiger charge is 2.45. The highest BCUT2D eigenvalue weighted by molar-refractivity contribution is 6.02. The Labute approximate surface area is 72.9 Å². The molecule has 0 aromatic heterocycles. The second kappa shape index (κ2) is 2.54. The van der Waals surface area contributed by atoms with Crippen LogP contribution >= 0.6 is 0 Å². The van der Waals surface area contributed by atoms with Crippen molar-refractivity contribution < 1.29 is 0 Å². The SMILES string of the molecule is CN=CC1C=C(C)C2CC2C1=N. The average molecular weight is 162 g/mol. The Kier molecular flexibility index (Phi) is 1.63. The molecule has 0 aromatic carbocycles. The minimum atomic E-state index is 0.193. The van der Waals surface area contributed by atoms with Gasteiger partial charge in [0.1, 0.15) is 0 Å². The van der Waals surface area contributed by atoms with Crippen LogP contribution in [-0.4, -0.2) is 19.0 Å². The van der Waals surface area contributed by atoms with Crippen molar-refractivity contribution in [3.63, 3.8) is 0 Å². The molecule has 3 atom stereocenters. The summed E-state index contributed by atoms with van der Waals surface area (Å²) in [5.74, 6) is 1.45. The molecule has 2 rings (SSSR count). The summed E-state index contributed by atoms with van der Waals surface area (Å²) in [6.07, 6.45) is 5.26. The molecule has 2 heteroatoms. The van der Waals surface area contributed by atoms with Crippen molar-refractivity contribution in [2.75, 3.05) is 7.05 Å². The number of fused-ring (bicyclic) bond motifs is 1. The van der Waals surface area contributed by atoms with Crippen LogP contribution in [0.4, 0.5) is 0 Å². The second-order valence-electron chi connectivity index (χ2n) is 3.75. The topological polar surface area (TPSA) is 36.2 Å². The van der Waals surface area contributed by atoms with Crippen LogP contribution in [-0.2, 0) is 0 Å². The molecule has 12 heavy (non-hydrogen) atoms. The van der Waals surface area contributed by atoms with Gasteiger partial charge in [0.25, 0.3) is 0 Å². The lowest BCUT2D eigenvalue weighted by atomic mass is 9.90. The van der Waals surface area contributed by atoms with E-state index in [1.807, 2.05) is 6.21 Å². The van der Waals surface area contributed by atoms with E-state index in [-0.39, 0.29) is 5.92 Å². The van der Waals surface area contributed by atoms with Gasteiger partial charge in [0.15, 0.2) is 0 Å². The molecule has 1 fully saturated rings. The maximum absolute atomic E-state index is 7.85. The van der Waals surface area contributed by atoms with Gasteiger partial charge in [-0.15, -0.1) is 0 Å². The van der Waals surface area contributed by atoms with Gasteiger partial charge in [0.05, 0.1) is 5.92 Å². The minimum absolute atomic E-state index is 0.193. The largest absolute Gasteiger partial charge is 0.308 e. The van der Waals surface area contributed by atoms with Gasteiger partial charge in [-0.2, -0.15) is 0 Å². The summed E-state index contributed by atoms with van der Waals surface area (Å²) < 4.78 is 0. The zero-order valence-electron chi connectivity index (χ0n) is 7.54. The van der Waals surface area contributed by atoms with Crippen molar-refractivity contribution in [3.05, 3.63) is 11.6 Å². The standard InChI is InChI=1S/C10H14N2/c1-6-3-7(5-12-2)10(11)9-4-8(6)9/h3,5,7-9,11H,4H2,1-2H3. The Hall–Kier alpha value is -0.920. The molecule has 2 aliphatic carbocycles. The van der Waals surface area contributed by atoms with E-state index in [1.54, 1.807) is 7.05 Å². The van der Waals surface area contributed by atoms with Crippen LogP contribution in [0.25, 0.3) is 0 Å². The summed E-state index contributed by atoms with van der Waals surface area (Å²) in [7, 11) is 1.77. The van der Waals surface area contributed by atoms with Crippen LogP contribution in [0.2, 0.25) is 0 Å². The Morgan fingerprint density at radius 3 is 3.00 bits per heavy atom. The van der Waals surface area contributed by atoms with Gasteiger partial charge < -0.3 is 5.41 Å². The number of hydrogen-bond donors (Lipinski definition) is 1. The van der Waals surface area contributed by atoms with Gasteiger partial charge in [-0.05, 0) is 19.3 Å². The molecule has 1 N–H and O–H groups in total. The summed E-state index contributed by atoms with van der Waals surface area (Å²) in [6.45, 7) is 2.17. The number of allylic oxidation sites excluding steroid dienone is 2. The summed E-state index contributed by atoms with van der Waals surface area (Å²) in [6, 6.07) is 0. The molecule has 0 heterocycles. The zero-order chi connectivity index (χ0) is 8.72. The number of rotatable bonds is 1. The monoisotopic (exact) mass is 162 g/mol. The third-order valence-electron chi connectivity index (χ3n) is 2.89. The molecule has 2 nitrogen and oxygen atoms in total. The van der Waals surface area contributed by atoms with Gasteiger partial charge in [-0.25, -0.2) is 0 Å². The lowest BCUT2D eigenvalue weighted by Gasteiger charge is -2.16. The smallest absolute Gasteiger partial charge is 0.0501 e. The first kappa shape index (κ1) is 7.71. The highest BCUT2D eigenvalue weighted by atomic mass is 14.7. The molecule has 0 aromatic rings. The Morgan fingerprint density at radius 2 is 2.33 bits per heavy atom. The Bertz CT molecular complexity index is 276. The predicted molar refractivity (Wildman–Crippen MR) is 51.0 cm³/mol. The molecule has 0 aliphatic heterocycles. The fourth-order valence-electron chi connectivity index (χ4n) is 2.07.